The van der Waals surface area contributed by atoms with E-state index in [0.717, 1.165) is 44.0 Å². The van der Waals surface area contributed by atoms with Gasteiger partial charge in [0.05, 0.1) is 12.2 Å². The van der Waals surface area contributed by atoms with Gasteiger partial charge in [0.25, 0.3) is 0 Å². The molecule has 27 heavy (non-hydrogen) atoms. The van der Waals surface area contributed by atoms with Crippen LogP contribution in [0.5, 0.6) is 5.75 Å². The van der Waals surface area contributed by atoms with Crippen molar-refractivity contribution in [1.29, 1.82) is 0 Å². The van der Waals surface area contributed by atoms with Crippen molar-refractivity contribution in [3.63, 3.8) is 0 Å². The van der Waals surface area contributed by atoms with Crippen molar-refractivity contribution in [2.75, 3.05) is 42.9 Å². The minimum Gasteiger partial charge on any atom is -0.506 e. The summed E-state index contributed by atoms with van der Waals surface area (Å²) in [6, 6.07) is 15.5. The lowest BCUT2D eigenvalue weighted by molar-refractivity contribution is -0.117. The number of carbonyl (C=O) groups is 1. The van der Waals surface area contributed by atoms with Gasteiger partial charge < -0.3 is 15.3 Å². The van der Waals surface area contributed by atoms with Crippen LogP contribution in [-0.2, 0) is 4.79 Å². The van der Waals surface area contributed by atoms with E-state index in [-0.39, 0.29) is 5.91 Å². The van der Waals surface area contributed by atoms with Gasteiger partial charge in [0.1, 0.15) is 5.75 Å². The predicted molar refractivity (Wildman–Crippen MR) is 111 cm³/mol. The summed E-state index contributed by atoms with van der Waals surface area (Å²) >= 11 is 0. The zero-order chi connectivity index (χ0) is 19.2. The maximum atomic E-state index is 12.4. The zero-order valence-corrected chi connectivity index (χ0v) is 16.2. The first-order chi connectivity index (χ1) is 13.1. The molecule has 0 aliphatic carbocycles. The molecule has 1 fully saturated rings. The van der Waals surface area contributed by atoms with Gasteiger partial charge in [0.15, 0.2) is 0 Å². The molecule has 5 nitrogen and oxygen atoms in total. The number of phenols is 1. The SMILES string of the molecule is CCC(C)c1ccc(NC(=O)CN2CCN(c3ccccc3O)CC2)cc1. The molecule has 144 valence electrons. The van der Waals surface area contributed by atoms with E-state index in [0.29, 0.717) is 18.2 Å². The molecule has 2 aromatic rings. The zero-order valence-electron chi connectivity index (χ0n) is 16.2. The van der Waals surface area contributed by atoms with E-state index in [1.165, 1.54) is 5.56 Å². The lowest BCUT2D eigenvalue weighted by Gasteiger charge is -2.35. The van der Waals surface area contributed by atoms with Crippen LogP contribution in [0.1, 0.15) is 31.7 Å². The Hall–Kier alpha value is -2.53. The van der Waals surface area contributed by atoms with Crippen LogP contribution >= 0.6 is 0 Å². The van der Waals surface area contributed by atoms with Gasteiger partial charge >= 0.3 is 0 Å². The lowest BCUT2D eigenvalue weighted by Crippen LogP contribution is -2.48. The Bertz CT molecular complexity index is 752. The van der Waals surface area contributed by atoms with Crippen molar-refractivity contribution in [2.45, 2.75) is 26.2 Å². The average molecular weight is 367 g/mol. The fourth-order valence-corrected chi connectivity index (χ4v) is 3.41. The summed E-state index contributed by atoms with van der Waals surface area (Å²) in [5.74, 6) is 0.863. The predicted octanol–water partition coefficient (Wildman–Crippen LogP) is 3.67. The molecule has 0 saturated carbocycles. The maximum absolute atomic E-state index is 12.4. The minimum absolute atomic E-state index is 0.0160. The normalized spacial score (nSPS) is 16.1. The van der Waals surface area contributed by atoms with Crippen molar-refractivity contribution < 1.29 is 9.90 Å². The Balaban J connectivity index is 1.47. The van der Waals surface area contributed by atoms with E-state index >= 15 is 0 Å². The largest absolute Gasteiger partial charge is 0.506 e. The molecule has 2 aromatic carbocycles. The second-order valence-corrected chi connectivity index (χ2v) is 7.23. The van der Waals surface area contributed by atoms with Gasteiger partial charge in [-0.05, 0) is 42.2 Å². The quantitative estimate of drug-likeness (QED) is 0.818. The average Bonchev–Trinajstić information content (AvgIpc) is 2.69. The maximum Gasteiger partial charge on any atom is 0.238 e. The van der Waals surface area contributed by atoms with E-state index in [1.807, 2.05) is 30.3 Å². The van der Waals surface area contributed by atoms with E-state index in [2.05, 4.69) is 41.1 Å². The molecule has 1 aliphatic rings. The Morgan fingerprint density at radius 3 is 2.37 bits per heavy atom. The third kappa shape index (κ3) is 5.01. The van der Waals surface area contributed by atoms with Gasteiger partial charge in [-0.3, -0.25) is 9.69 Å². The van der Waals surface area contributed by atoms with Crippen LogP contribution in [0.25, 0.3) is 0 Å². The Morgan fingerprint density at radius 1 is 1.07 bits per heavy atom. The highest BCUT2D eigenvalue weighted by molar-refractivity contribution is 5.92. The molecule has 1 heterocycles. The summed E-state index contributed by atoms with van der Waals surface area (Å²) in [5.41, 5.74) is 3.01. The second-order valence-electron chi connectivity index (χ2n) is 7.23. The third-order valence-electron chi connectivity index (χ3n) is 5.34. The summed E-state index contributed by atoms with van der Waals surface area (Å²) in [4.78, 5) is 16.7. The van der Waals surface area contributed by atoms with Gasteiger partial charge in [-0.25, -0.2) is 0 Å². The second kappa shape index (κ2) is 8.91. The molecule has 1 unspecified atom stereocenters. The number of carbonyl (C=O) groups excluding carboxylic acids is 1. The summed E-state index contributed by atoms with van der Waals surface area (Å²) in [5, 5.41) is 13.0. The number of benzene rings is 2. The summed E-state index contributed by atoms with van der Waals surface area (Å²) in [7, 11) is 0. The van der Waals surface area contributed by atoms with Crippen molar-refractivity contribution in [2.24, 2.45) is 0 Å². The first-order valence-corrected chi connectivity index (χ1v) is 9.72. The highest BCUT2D eigenvalue weighted by Gasteiger charge is 2.20. The molecule has 0 radical (unpaired) electrons. The topological polar surface area (TPSA) is 55.8 Å². The standard InChI is InChI=1S/C22H29N3O2/c1-3-17(2)18-8-10-19(11-9-18)23-22(27)16-24-12-14-25(15-13-24)20-6-4-5-7-21(20)26/h4-11,17,26H,3,12-16H2,1-2H3,(H,23,27). The third-order valence-corrected chi connectivity index (χ3v) is 5.34. The molecule has 3 rings (SSSR count). The monoisotopic (exact) mass is 367 g/mol. The first kappa shape index (κ1) is 19.2. The first-order valence-electron chi connectivity index (χ1n) is 9.72. The van der Waals surface area contributed by atoms with Crippen LogP contribution in [-0.4, -0.2) is 48.6 Å². The summed E-state index contributed by atoms with van der Waals surface area (Å²) in [6.07, 6.45) is 1.11. The number of rotatable bonds is 6. The van der Waals surface area contributed by atoms with E-state index < -0.39 is 0 Å². The number of hydrogen-bond acceptors (Lipinski definition) is 4. The molecular formula is C22H29N3O2. The summed E-state index contributed by atoms with van der Waals surface area (Å²) < 4.78 is 0. The van der Waals surface area contributed by atoms with Crippen LogP contribution in [0, 0.1) is 0 Å². The van der Waals surface area contributed by atoms with Crippen molar-refractivity contribution >= 4 is 17.3 Å². The molecule has 0 bridgehead atoms. The Morgan fingerprint density at radius 2 is 1.74 bits per heavy atom. The van der Waals surface area contributed by atoms with Crippen LogP contribution in [0.2, 0.25) is 0 Å². The molecule has 5 heteroatoms. The number of hydrogen-bond donors (Lipinski definition) is 2. The summed E-state index contributed by atoms with van der Waals surface area (Å²) in [6.45, 7) is 7.98. The molecule has 1 saturated heterocycles. The van der Waals surface area contributed by atoms with Gasteiger partial charge in [0.2, 0.25) is 5.91 Å². The number of amides is 1. The van der Waals surface area contributed by atoms with Gasteiger partial charge in [-0.2, -0.15) is 0 Å². The van der Waals surface area contributed by atoms with Crippen molar-refractivity contribution in [1.82, 2.24) is 4.90 Å². The fraction of sp³-hybridized carbons (Fsp3) is 0.409. The molecule has 1 aliphatic heterocycles. The van der Waals surface area contributed by atoms with Crippen LogP contribution in [0.15, 0.2) is 48.5 Å². The highest BCUT2D eigenvalue weighted by atomic mass is 16.3. The van der Waals surface area contributed by atoms with Gasteiger partial charge in [-0.1, -0.05) is 38.1 Å². The number of piperazine rings is 1. The lowest BCUT2D eigenvalue weighted by atomic mass is 9.99. The van der Waals surface area contributed by atoms with E-state index in [9.17, 15) is 9.90 Å². The molecule has 0 aromatic heterocycles. The molecule has 0 spiro atoms. The highest BCUT2D eigenvalue weighted by Crippen LogP contribution is 2.27. The van der Waals surface area contributed by atoms with Gasteiger partial charge in [0, 0.05) is 31.9 Å². The smallest absolute Gasteiger partial charge is 0.238 e. The molecule has 1 atom stereocenters. The number of para-hydroxylation sites is 2. The molecule has 2 N–H and O–H groups in total. The Labute approximate surface area is 161 Å². The van der Waals surface area contributed by atoms with E-state index in [4.69, 9.17) is 0 Å². The Kier molecular flexibility index (Phi) is 6.35. The van der Waals surface area contributed by atoms with Gasteiger partial charge in [-0.15, -0.1) is 0 Å². The minimum atomic E-state index is 0.0160. The van der Waals surface area contributed by atoms with Crippen molar-refractivity contribution in [3.8, 4) is 5.75 Å². The fourth-order valence-electron chi connectivity index (χ4n) is 3.41. The number of nitrogens with zero attached hydrogens (tertiary/aromatic N) is 2. The van der Waals surface area contributed by atoms with Crippen molar-refractivity contribution in [3.05, 3.63) is 54.1 Å². The van der Waals surface area contributed by atoms with Crippen LogP contribution < -0.4 is 10.2 Å². The van der Waals surface area contributed by atoms with E-state index in [1.54, 1.807) is 6.07 Å². The molecular weight excluding hydrogens is 338 g/mol. The number of aromatic hydroxyl groups is 1. The van der Waals surface area contributed by atoms with Crippen LogP contribution in [0.3, 0.4) is 0 Å². The number of phenolic OH excluding ortho intramolecular Hbond substituents is 1. The number of nitrogens with one attached hydrogen (secondary N) is 1. The van der Waals surface area contributed by atoms with Crippen LogP contribution in [0.4, 0.5) is 11.4 Å². The molecule has 1 amide bonds. The number of anilines is 2.